The lowest BCUT2D eigenvalue weighted by Gasteiger charge is -2.21. The van der Waals surface area contributed by atoms with E-state index < -0.39 is 29.8 Å². The van der Waals surface area contributed by atoms with Crippen molar-refractivity contribution >= 4 is 29.3 Å². The number of nitrogens with one attached hydrogen (secondary N) is 2. The average molecular weight is 554 g/mol. The van der Waals surface area contributed by atoms with Gasteiger partial charge in [0, 0.05) is 23.7 Å². The first kappa shape index (κ1) is 26.3. The zero-order chi connectivity index (χ0) is 27.5. The Kier molecular flexibility index (Phi) is 7.56. The number of hydrogen-bond donors (Lipinski definition) is 2. The van der Waals surface area contributed by atoms with E-state index in [-0.39, 0.29) is 54.0 Å². The molecule has 1 saturated heterocycles. The topological polar surface area (TPSA) is 106 Å². The van der Waals surface area contributed by atoms with Crippen LogP contribution in [0.2, 0.25) is 5.02 Å². The molecule has 0 spiro atoms. The van der Waals surface area contributed by atoms with Crippen molar-refractivity contribution < 1.29 is 33.0 Å². The molecule has 3 aromatic carbocycles. The molecule has 6 rings (SSSR count). The predicted octanol–water partition coefficient (Wildman–Crippen LogP) is 3.20. The predicted molar refractivity (Wildman–Crippen MR) is 140 cm³/mol. The molecule has 39 heavy (non-hydrogen) atoms. The Hall–Kier alpha value is -4.31. The van der Waals surface area contributed by atoms with Gasteiger partial charge in [0.25, 0.3) is 17.7 Å². The summed E-state index contributed by atoms with van der Waals surface area (Å²) in [5.41, 5.74) is 0.930. The minimum atomic E-state index is -0.691. The lowest BCUT2D eigenvalue weighted by molar-refractivity contribution is -0.123. The summed E-state index contributed by atoms with van der Waals surface area (Å²) in [5.74, 6) is -0.953. The molecule has 3 aromatic rings. The van der Waals surface area contributed by atoms with Crippen molar-refractivity contribution in [3.05, 3.63) is 88.2 Å². The Morgan fingerprint density at radius 1 is 1.08 bits per heavy atom. The highest BCUT2D eigenvalue weighted by Crippen LogP contribution is 2.29. The molecule has 3 aliphatic rings. The minimum Gasteiger partial charge on any atom is -0.493 e. The van der Waals surface area contributed by atoms with Crippen LogP contribution in [-0.4, -0.2) is 61.6 Å². The lowest BCUT2D eigenvalue weighted by atomic mass is 10.1. The van der Waals surface area contributed by atoms with Crippen molar-refractivity contribution in [1.82, 2.24) is 15.5 Å². The van der Waals surface area contributed by atoms with Crippen molar-refractivity contribution in [3.8, 4) is 17.2 Å². The van der Waals surface area contributed by atoms with Gasteiger partial charge in [-0.1, -0.05) is 23.7 Å². The molecule has 0 aromatic heterocycles. The number of rotatable bonds is 2. The smallest absolute Gasteiger partial charge is 0.258 e. The summed E-state index contributed by atoms with van der Waals surface area (Å²) in [6, 6.07) is 14.9. The van der Waals surface area contributed by atoms with E-state index in [0.717, 1.165) is 11.6 Å². The zero-order valence-electron chi connectivity index (χ0n) is 20.9. The largest absolute Gasteiger partial charge is 0.493 e. The first-order chi connectivity index (χ1) is 18.8. The maximum atomic E-state index is 14.5. The van der Waals surface area contributed by atoms with Gasteiger partial charge >= 0.3 is 0 Å². The summed E-state index contributed by atoms with van der Waals surface area (Å²) in [6.45, 7) is 0.186. The van der Waals surface area contributed by atoms with Crippen LogP contribution in [0, 0.1) is 5.82 Å². The number of likely N-dealkylation sites (tertiary alicyclic amines) is 1. The van der Waals surface area contributed by atoms with E-state index in [4.69, 9.17) is 25.8 Å². The Bertz CT molecular complexity index is 1420. The zero-order valence-corrected chi connectivity index (χ0v) is 21.7. The Labute approximate surface area is 228 Å². The van der Waals surface area contributed by atoms with E-state index in [2.05, 4.69) is 10.6 Å². The fourth-order valence-corrected chi connectivity index (χ4v) is 4.64. The van der Waals surface area contributed by atoms with E-state index in [1.807, 2.05) is 0 Å². The van der Waals surface area contributed by atoms with Gasteiger partial charge in [-0.2, -0.15) is 0 Å². The number of amides is 3. The maximum Gasteiger partial charge on any atom is 0.258 e. The van der Waals surface area contributed by atoms with Gasteiger partial charge in [0.1, 0.15) is 17.7 Å². The summed E-state index contributed by atoms with van der Waals surface area (Å²) in [7, 11) is 1.45. The van der Waals surface area contributed by atoms with E-state index >= 15 is 0 Å². The van der Waals surface area contributed by atoms with Gasteiger partial charge in [0.2, 0.25) is 0 Å². The molecule has 11 heteroatoms. The highest BCUT2D eigenvalue weighted by Gasteiger charge is 2.39. The number of ether oxygens (including phenoxy) is 3. The first-order valence-corrected chi connectivity index (χ1v) is 12.6. The molecule has 2 N–H and O–H groups in total. The van der Waals surface area contributed by atoms with Gasteiger partial charge in [-0.05, 0) is 54.1 Å². The fraction of sp³-hybridized carbons (Fsp3) is 0.250. The van der Waals surface area contributed by atoms with Crippen molar-refractivity contribution in [3.63, 3.8) is 0 Å². The van der Waals surface area contributed by atoms with Gasteiger partial charge in [0.15, 0.2) is 18.1 Å². The molecule has 1 fully saturated rings. The second-order valence-electron chi connectivity index (χ2n) is 9.15. The number of benzene rings is 3. The molecule has 0 unspecified atom stereocenters. The number of nitrogens with zero attached hydrogens (tertiary/aromatic N) is 1. The molecule has 0 saturated carbocycles. The van der Waals surface area contributed by atoms with Crippen molar-refractivity contribution in [2.24, 2.45) is 0 Å². The quantitative estimate of drug-likeness (QED) is 0.505. The molecular weight excluding hydrogens is 529 g/mol. The molecule has 3 aliphatic heterocycles. The van der Waals surface area contributed by atoms with Gasteiger partial charge in [0.05, 0.1) is 25.3 Å². The Balaban J connectivity index is 1.46. The summed E-state index contributed by atoms with van der Waals surface area (Å²) in [5, 5.41) is 5.94. The Morgan fingerprint density at radius 3 is 2.64 bits per heavy atom. The van der Waals surface area contributed by atoms with Crippen LogP contribution in [0.3, 0.4) is 0 Å². The summed E-state index contributed by atoms with van der Waals surface area (Å²) in [4.78, 5) is 40.2. The molecule has 2 atom stereocenters. The number of methoxy groups -OCH3 is 1. The third-order valence-electron chi connectivity index (χ3n) is 6.51. The highest BCUT2D eigenvalue weighted by atomic mass is 35.5. The van der Waals surface area contributed by atoms with Crippen LogP contribution < -0.4 is 24.8 Å². The highest BCUT2D eigenvalue weighted by molar-refractivity contribution is 6.31. The second kappa shape index (κ2) is 11.2. The first-order valence-electron chi connectivity index (χ1n) is 12.2. The second-order valence-corrected chi connectivity index (χ2v) is 9.58. The molecule has 202 valence electrons. The van der Waals surface area contributed by atoms with Gasteiger partial charge in [-0.3, -0.25) is 14.4 Å². The van der Waals surface area contributed by atoms with Crippen LogP contribution in [0.1, 0.15) is 26.3 Å². The maximum absolute atomic E-state index is 14.5. The van der Waals surface area contributed by atoms with Crippen molar-refractivity contribution in [2.75, 3.05) is 26.8 Å². The van der Waals surface area contributed by atoms with E-state index in [0.29, 0.717) is 11.5 Å². The van der Waals surface area contributed by atoms with Crippen LogP contribution in [0.25, 0.3) is 0 Å². The van der Waals surface area contributed by atoms with Crippen LogP contribution in [0.4, 0.5) is 4.39 Å². The Morgan fingerprint density at radius 2 is 1.87 bits per heavy atom. The number of halogens is 2. The normalized spacial score (nSPS) is 19.2. The SMILES string of the molecule is COc1ccc2cc1OCC(=O)NCc1ccc(cc1)O[C@H]1CN(C(=O)c3cc(Cl)ccc3F)C[C@@H]1NC2=O. The van der Waals surface area contributed by atoms with Crippen molar-refractivity contribution in [1.29, 1.82) is 0 Å². The number of carbonyl (C=O) groups is 3. The standard InChI is InChI=1S/C28H25ClFN3O6/c1-37-23-9-4-17-10-24(23)38-15-26(34)31-12-16-2-6-19(7-3-16)39-25-14-33(13-22(25)32-27(17)35)28(36)20-11-18(29)5-8-21(20)30/h2-11,22,25H,12-15H2,1H3,(H,31,34)(H,32,35)/t22-,25-/m0/s1. The summed E-state index contributed by atoms with van der Waals surface area (Å²) < 4.78 is 31.6. The number of carbonyl (C=O) groups excluding carboxylic acids is 3. The molecular formula is C28H25ClFN3O6. The molecule has 3 amide bonds. The van der Waals surface area contributed by atoms with Crippen LogP contribution in [0.5, 0.6) is 17.2 Å². The summed E-state index contributed by atoms with van der Waals surface area (Å²) >= 11 is 6.00. The third-order valence-corrected chi connectivity index (χ3v) is 6.75. The number of hydrogen-bond acceptors (Lipinski definition) is 6. The van der Waals surface area contributed by atoms with Crippen LogP contribution in [0.15, 0.2) is 60.7 Å². The third kappa shape index (κ3) is 5.91. The van der Waals surface area contributed by atoms with Gasteiger partial charge in [-0.15, -0.1) is 0 Å². The molecule has 0 aliphatic carbocycles. The average Bonchev–Trinajstić information content (AvgIpc) is 3.33. The van der Waals surface area contributed by atoms with E-state index in [1.165, 1.54) is 30.2 Å². The fourth-order valence-electron chi connectivity index (χ4n) is 4.47. The van der Waals surface area contributed by atoms with E-state index in [1.54, 1.807) is 36.4 Å². The van der Waals surface area contributed by atoms with Crippen LogP contribution >= 0.6 is 11.6 Å². The minimum absolute atomic E-state index is 0.0806. The lowest BCUT2D eigenvalue weighted by Crippen LogP contribution is -2.45. The monoisotopic (exact) mass is 553 g/mol. The van der Waals surface area contributed by atoms with E-state index in [9.17, 15) is 18.8 Å². The molecule has 9 nitrogen and oxygen atoms in total. The van der Waals surface area contributed by atoms with Gasteiger partial charge < -0.3 is 29.7 Å². The molecule has 0 radical (unpaired) electrons. The molecule has 4 bridgehead atoms. The summed E-state index contributed by atoms with van der Waals surface area (Å²) in [6.07, 6.45) is -0.629. The number of fused-ring (bicyclic) bond motifs is 7. The van der Waals surface area contributed by atoms with Crippen LogP contribution in [-0.2, 0) is 11.3 Å². The van der Waals surface area contributed by atoms with Gasteiger partial charge in [-0.25, -0.2) is 4.39 Å². The molecule has 3 heterocycles. The van der Waals surface area contributed by atoms with Crippen molar-refractivity contribution in [2.45, 2.75) is 18.7 Å².